The maximum absolute atomic E-state index is 14.0. The first-order chi connectivity index (χ1) is 19.8. The summed E-state index contributed by atoms with van der Waals surface area (Å²) in [5.41, 5.74) is 5.49. The first kappa shape index (κ1) is 29.4. The van der Waals surface area contributed by atoms with Gasteiger partial charge in [-0.3, -0.25) is 9.48 Å². The third kappa shape index (κ3) is 7.40. The van der Waals surface area contributed by atoms with Crippen molar-refractivity contribution in [3.63, 3.8) is 0 Å². The number of aromatic nitrogens is 2. The summed E-state index contributed by atoms with van der Waals surface area (Å²) in [6.07, 6.45) is 17.7. The molecule has 5 rings (SSSR count). The highest BCUT2D eigenvalue weighted by atomic mass is 16.5. The Morgan fingerprint density at radius 3 is 2.39 bits per heavy atom. The maximum atomic E-state index is 14.0. The summed E-state index contributed by atoms with van der Waals surface area (Å²) in [6.45, 7) is 9.21. The first-order valence-corrected chi connectivity index (χ1v) is 15.5. The third-order valence-electron chi connectivity index (χ3n) is 9.30. The van der Waals surface area contributed by atoms with E-state index in [1.165, 1.54) is 12.8 Å². The number of rotatable bonds is 10. The monoisotopic (exact) mass is 557 g/mol. The number of hydrogen-bond donors (Lipinski definition) is 1. The molecule has 0 spiro atoms. The first-order valence-electron chi connectivity index (χ1n) is 15.5. The number of carbonyl (C=O) groups excluding carboxylic acids is 1. The Kier molecular flexibility index (Phi) is 9.49. The van der Waals surface area contributed by atoms with Crippen LogP contribution in [0.25, 0.3) is 11.1 Å². The van der Waals surface area contributed by atoms with Crippen molar-refractivity contribution in [2.75, 3.05) is 18.6 Å². The van der Waals surface area contributed by atoms with Gasteiger partial charge in [0.05, 0.1) is 25.5 Å². The Hall–Kier alpha value is -3.12. The van der Waals surface area contributed by atoms with Gasteiger partial charge in [-0.2, -0.15) is 5.10 Å². The van der Waals surface area contributed by atoms with E-state index in [9.17, 15) is 9.90 Å². The number of aliphatic hydroxyl groups is 1. The molecule has 0 unspecified atom stereocenters. The van der Waals surface area contributed by atoms with Crippen LogP contribution in [0, 0.1) is 17.8 Å². The molecule has 0 bridgehead atoms. The van der Waals surface area contributed by atoms with Gasteiger partial charge in [0.1, 0.15) is 5.76 Å². The van der Waals surface area contributed by atoms with Gasteiger partial charge in [0.15, 0.2) is 0 Å². The molecular weight excluding hydrogens is 510 g/mol. The van der Waals surface area contributed by atoms with E-state index in [4.69, 9.17) is 4.74 Å². The molecule has 1 aromatic heterocycles. The molecule has 41 heavy (non-hydrogen) atoms. The molecule has 220 valence electrons. The van der Waals surface area contributed by atoms with Gasteiger partial charge in [-0.25, -0.2) is 0 Å². The molecule has 0 aliphatic heterocycles. The van der Waals surface area contributed by atoms with Gasteiger partial charge in [0.2, 0.25) is 5.91 Å². The normalized spacial score (nSPS) is 24.7. The topological polar surface area (TPSA) is 67.6 Å². The van der Waals surface area contributed by atoms with E-state index in [1.807, 2.05) is 12.3 Å². The van der Waals surface area contributed by atoms with Crippen molar-refractivity contribution in [2.45, 2.75) is 90.2 Å². The van der Waals surface area contributed by atoms with Crippen LogP contribution in [-0.2, 0) is 9.53 Å². The molecule has 1 aromatic carbocycles. The number of aliphatic hydroxyl groups excluding tert-OH is 1. The highest BCUT2D eigenvalue weighted by Gasteiger charge is 2.32. The van der Waals surface area contributed by atoms with E-state index in [1.54, 1.807) is 7.11 Å². The third-order valence-corrected chi connectivity index (χ3v) is 9.30. The van der Waals surface area contributed by atoms with Gasteiger partial charge in [-0.1, -0.05) is 30.4 Å². The van der Waals surface area contributed by atoms with E-state index in [2.05, 4.69) is 71.6 Å². The predicted octanol–water partition coefficient (Wildman–Crippen LogP) is 7.63. The molecule has 0 atom stereocenters. The van der Waals surface area contributed by atoms with Crippen LogP contribution in [0.15, 0.2) is 72.3 Å². The molecule has 6 nitrogen and oxygen atoms in total. The van der Waals surface area contributed by atoms with Crippen molar-refractivity contribution in [3.05, 3.63) is 72.3 Å². The maximum Gasteiger partial charge on any atom is 0.230 e. The molecule has 0 saturated heterocycles. The quantitative estimate of drug-likeness (QED) is 0.241. The molecular formula is C35H47N3O3. The number of hydrogen-bond acceptors (Lipinski definition) is 4. The van der Waals surface area contributed by atoms with Crippen molar-refractivity contribution >= 4 is 11.6 Å². The van der Waals surface area contributed by atoms with Crippen molar-refractivity contribution in [2.24, 2.45) is 17.8 Å². The minimum Gasteiger partial charge on any atom is -0.497 e. The van der Waals surface area contributed by atoms with Gasteiger partial charge >= 0.3 is 0 Å². The summed E-state index contributed by atoms with van der Waals surface area (Å²) in [4.78, 5) is 16.1. The zero-order chi connectivity index (χ0) is 28.9. The summed E-state index contributed by atoms with van der Waals surface area (Å²) >= 11 is 0. The number of methoxy groups -OCH3 is 1. The second-order valence-corrected chi connectivity index (χ2v) is 12.6. The summed E-state index contributed by atoms with van der Waals surface area (Å²) in [5.74, 6) is 2.01. The lowest BCUT2D eigenvalue weighted by atomic mass is 9.78. The van der Waals surface area contributed by atoms with Crippen LogP contribution in [0.5, 0.6) is 0 Å². The molecule has 0 radical (unpaired) electrons. The highest BCUT2D eigenvalue weighted by molar-refractivity contribution is 5.95. The van der Waals surface area contributed by atoms with Crippen LogP contribution in [-0.4, -0.2) is 40.6 Å². The van der Waals surface area contributed by atoms with Crippen LogP contribution in [0.3, 0.4) is 0 Å². The van der Waals surface area contributed by atoms with Crippen LogP contribution in [0.4, 0.5) is 5.69 Å². The molecule has 2 aromatic rings. The number of carbonyl (C=O) groups is 1. The molecule has 3 fully saturated rings. The van der Waals surface area contributed by atoms with Crippen molar-refractivity contribution in [1.82, 2.24) is 9.78 Å². The molecule has 3 aliphatic carbocycles. The minimum absolute atomic E-state index is 0.0222. The van der Waals surface area contributed by atoms with Crippen LogP contribution in [0.1, 0.15) is 84.1 Å². The molecule has 3 saturated carbocycles. The Morgan fingerprint density at radius 2 is 1.73 bits per heavy atom. The zero-order valence-electron chi connectivity index (χ0n) is 25.1. The van der Waals surface area contributed by atoms with E-state index in [0.717, 1.165) is 78.8 Å². The lowest BCUT2D eigenvalue weighted by Crippen LogP contribution is -2.42. The van der Waals surface area contributed by atoms with Gasteiger partial charge in [-0.05, 0) is 119 Å². The number of anilines is 1. The summed E-state index contributed by atoms with van der Waals surface area (Å²) in [5, 5.41) is 14.6. The van der Waals surface area contributed by atoms with Crippen LogP contribution in [0.2, 0.25) is 0 Å². The van der Waals surface area contributed by atoms with E-state index >= 15 is 0 Å². The highest BCUT2D eigenvalue weighted by Crippen LogP contribution is 2.38. The van der Waals surface area contributed by atoms with Crippen molar-refractivity contribution in [1.29, 1.82) is 0 Å². The average molecular weight is 558 g/mol. The Balaban J connectivity index is 1.29. The summed E-state index contributed by atoms with van der Waals surface area (Å²) < 4.78 is 7.56. The van der Waals surface area contributed by atoms with E-state index < -0.39 is 0 Å². The van der Waals surface area contributed by atoms with Gasteiger partial charge in [0, 0.05) is 29.9 Å². The fourth-order valence-corrected chi connectivity index (χ4v) is 6.48. The Bertz CT molecular complexity index is 1270. The number of benzene rings is 1. The molecule has 1 amide bonds. The number of ether oxygens (including phenoxy) is 1. The number of allylic oxidation sites excluding steroid dienone is 4. The average Bonchev–Trinajstić information content (AvgIpc) is 3.72. The second-order valence-electron chi connectivity index (χ2n) is 12.6. The van der Waals surface area contributed by atoms with E-state index in [-0.39, 0.29) is 17.9 Å². The largest absolute Gasteiger partial charge is 0.497 e. The number of nitrogens with zero attached hydrogens (tertiary/aromatic N) is 3. The van der Waals surface area contributed by atoms with Crippen molar-refractivity contribution in [3.8, 4) is 11.1 Å². The molecule has 1 heterocycles. The minimum atomic E-state index is -0.270. The van der Waals surface area contributed by atoms with Crippen LogP contribution >= 0.6 is 0 Å². The summed E-state index contributed by atoms with van der Waals surface area (Å²) in [6, 6.07) is 8.98. The predicted molar refractivity (Wildman–Crippen MR) is 165 cm³/mol. The summed E-state index contributed by atoms with van der Waals surface area (Å²) in [7, 11) is 1.71. The standard InChI is InChI=1S/C35H47N3O3/c1-24(2)34(41-4)19-8-25(3)27-11-9-26(10-12-27)22-37(35(40)28-13-17-33(39)18-14-28)32-7-5-6-29(20-32)30-21-36-38(23-30)31-15-16-31/h5-8,19-21,23,26-28,31,33,39H,3,9-18,22H2,1-2,4H3/b19-8-/t26-,27-,28-,33-. The fraction of sp³-hybridized carbons (Fsp3) is 0.543. The lowest BCUT2D eigenvalue weighted by Gasteiger charge is -2.36. The molecule has 6 heteroatoms. The van der Waals surface area contributed by atoms with Gasteiger partial charge in [-0.15, -0.1) is 0 Å². The van der Waals surface area contributed by atoms with Crippen LogP contribution < -0.4 is 4.90 Å². The second kappa shape index (κ2) is 13.2. The van der Waals surface area contributed by atoms with Crippen molar-refractivity contribution < 1.29 is 14.6 Å². The zero-order valence-corrected chi connectivity index (χ0v) is 25.1. The SMILES string of the molecule is C=C(/C=C\C(OC)=C(C)C)[C@H]1CC[C@H](CN(c2cccc(-c3cnn(C4CC4)c3)c2)C(=O)[C@H]2CC[C@H](O)CC2)CC1. The Morgan fingerprint density at radius 1 is 1.02 bits per heavy atom. The van der Waals surface area contributed by atoms with Gasteiger partial charge < -0.3 is 14.7 Å². The fourth-order valence-electron chi connectivity index (χ4n) is 6.48. The molecule has 1 N–H and O–H groups in total. The number of amides is 1. The van der Waals surface area contributed by atoms with E-state index in [0.29, 0.717) is 30.7 Å². The Labute approximate surface area is 245 Å². The lowest BCUT2D eigenvalue weighted by molar-refractivity contribution is -0.124. The van der Waals surface area contributed by atoms with Gasteiger partial charge in [0.25, 0.3) is 0 Å². The molecule has 3 aliphatic rings. The smallest absolute Gasteiger partial charge is 0.230 e.